The van der Waals surface area contributed by atoms with Crippen LogP contribution in [0.1, 0.15) is 0 Å². The van der Waals surface area contributed by atoms with E-state index in [1.165, 1.54) is 4.90 Å². The number of carbonyl (C=O) groups is 1. The number of anilines is 1. The van der Waals surface area contributed by atoms with E-state index < -0.39 is 9.84 Å². The fraction of sp³-hybridized carbons (Fsp3) is 0.417. The smallest absolute Gasteiger partial charge is 0.241 e. The monoisotopic (exact) mass is 306 g/mol. The average molecular weight is 307 g/mol. The van der Waals surface area contributed by atoms with Gasteiger partial charge in [0.15, 0.2) is 0 Å². The van der Waals surface area contributed by atoms with Gasteiger partial charge in [-0.15, -0.1) is 12.4 Å². The van der Waals surface area contributed by atoms with E-state index in [2.05, 4.69) is 5.32 Å². The number of nitrogens with zero attached hydrogens (tertiary/aromatic N) is 1. The van der Waals surface area contributed by atoms with Crippen molar-refractivity contribution >= 4 is 33.8 Å². The third-order valence-corrected chi connectivity index (χ3v) is 3.36. The van der Waals surface area contributed by atoms with E-state index in [9.17, 15) is 13.2 Å². The van der Waals surface area contributed by atoms with Gasteiger partial charge in [-0.25, -0.2) is 8.42 Å². The predicted molar refractivity (Wildman–Crippen MR) is 79.5 cm³/mol. The van der Waals surface area contributed by atoms with Crippen LogP contribution >= 0.6 is 12.4 Å². The first-order valence-corrected chi connectivity index (χ1v) is 7.65. The van der Waals surface area contributed by atoms with Crippen molar-refractivity contribution in [2.45, 2.75) is 0 Å². The van der Waals surface area contributed by atoms with Crippen LogP contribution in [0.25, 0.3) is 0 Å². The van der Waals surface area contributed by atoms with Crippen molar-refractivity contribution in [3.8, 4) is 0 Å². The lowest BCUT2D eigenvalue weighted by Crippen LogP contribution is -2.35. The Balaban J connectivity index is 0.00000324. The van der Waals surface area contributed by atoms with Crippen LogP contribution in [0, 0.1) is 0 Å². The molecule has 7 heteroatoms. The largest absolute Gasteiger partial charge is 0.376 e. The second-order valence-corrected chi connectivity index (χ2v) is 6.42. The van der Waals surface area contributed by atoms with Crippen LogP contribution in [0.3, 0.4) is 0 Å². The van der Waals surface area contributed by atoms with Crippen molar-refractivity contribution in [2.75, 3.05) is 37.5 Å². The second-order valence-electron chi connectivity index (χ2n) is 4.16. The number of hydrogen-bond acceptors (Lipinski definition) is 4. The Morgan fingerprint density at radius 2 is 1.84 bits per heavy atom. The fourth-order valence-corrected chi connectivity index (χ4v) is 1.90. The predicted octanol–water partition coefficient (Wildman–Crippen LogP) is 1.02. The highest BCUT2D eigenvalue weighted by atomic mass is 35.5. The summed E-state index contributed by atoms with van der Waals surface area (Å²) in [5, 5.41) is 2.98. The molecular weight excluding hydrogens is 288 g/mol. The normalized spacial score (nSPS) is 10.4. The molecule has 0 bridgehead atoms. The van der Waals surface area contributed by atoms with Crippen LogP contribution in [0.15, 0.2) is 30.3 Å². The molecule has 5 nitrogen and oxygen atoms in total. The highest BCUT2D eigenvalue weighted by Crippen LogP contribution is 2.04. The number of hydrogen-bond donors (Lipinski definition) is 1. The molecule has 0 heterocycles. The van der Waals surface area contributed by atoms with Gasteiger partial charge in [0.05, 0.1) is 12.3 Å². The lowest BCUT2D eigenvalue weighted by molar-refractivity contribution is -0.127. The van der Waals surface area contributed by atoms with Crippen LogP contribution in [-0.2, 0) is 14.6 Å². The molecule has 0 spiro atoms. The number of nitrogens with one attached hydrogen (secondary N) is 1. The number of benzene rings is 1. The summed E-state index contributed by atoms with van der Waals surface area (Å²) >= 11 is 0. The summed E-state index contributed by atoms with van der Waals surface area (Å²) in [5.41, 5.74) is 0.863. The molecule has 0 fully saturated rings. The molecule has 0 aliphatic carbocycles. The molecule has 1 aromatic carbocycles. The number of carbonyl (C=O) groups excluding carboxylic acids is 1. The number of likely N-dealkylation sites (N-methyl/N-ethyl adjacent to an activating group) is 1. The van der Waals surface area contributed by atoms with Crippen LogP contribution in [0.4, 0.5) is 5.69 Å². The van der Waals surface area contributed by atoms with Crippen LogP contribution in [0.2, 0.25) is 0 Å². The van der Waals surface area contributed by atoms with Gasteiger partial charge in [-0.2, -0.15) is 0 Å². The second kappa shape index (κ2) is 8.01. The molecule has 19 heavy (non-hydrogen) atoms. The Morgan fingerprint density at radius 3 is 2.37 bits per heavy atom. The van der Waals surface area contributed by atoms with Crippen LogP contribution < -0.4 is 5.32 Å². The number of halogens is 1. The van der Waals surface area contributed by atoms with E-state index >= 15 is 0 Å². The van der Waals surface area contributed by atoms with E-state index in [0.29, 0.717) is 0 Å². The van der Waals surface area contributed by atoms with Crippen molar-refractivity contribution in [1.82, 2.24) is 4.90 Å². The summed E-state index contributed by atoms with van der Waals surface area (Å²) < 4.78 is 22.0. The molecule has 1 rings (SSSR count). The summed E-state index contributed by atoms with van der Waals surface area (Å²) in [6, 6.07) is 9.37. The zero-order valence-electron chi connectivity index (χ0n) is 11.0. The fourth-order valence-electron chi connectivity index (χ4n) is 1.30. The molecule has 0 atom stereocenters. The number of sulfone groups is 1. The van der Waals surface area contributed by atoms with Crippen molar-refractivity contribution < 1.29 is 13.2 Å². The molecule has 0 radical (unpaired) electrons. The molecule has 0 saturated heterocycles. The first kappa shape index (κ1) is 17.7. The molecule has 108 valence electrons. The number of rotatable bonds is 6. The summed E-state index contributed by atoms with van der Waals surface area (Å²) in [6.45, 7) is 0.373. The zero-order chi connectivity index (χ0) is 13.6. The first-order valence-electron chi connectivity index (χ1n) is 5.59. The van der Waals surface area contributed by atoms with Gasteiger partial charge in [0.1, 0.15) is 9.84 Å². The quantitative estimate of drug-likeness (QED) is 0.852. The van der Waals surface area contributed by atoms with Gasteiger partial charge in [0.2, 0.25) is 5.91 Å². The summed E-state index contributed by atoms with van der Waals surface area (Å²) in [6.07, 6.45) is 1.16. The third-order valence-electron chi connectivity index (χ3n) is 2.44. The molecule has 0 aliphatic rings. The maximum absolute atomic E-state index is 11.7. The highest BCUT2D eigenvalue weighted by Gasteiger charge is 2.11. The van der Waals surface area contributed by atoms with Crippen molar-refractivity contribution in [2.24, 2.45) is 0 Å². The van der Waals surface area contributed by atoms with Crippen LogP contribution in [0.5, 0.6) is 0 Å². The molecule has 0 unspecified atom stereocenters. The van der Waals surface area contributed by atoms with Gasteiger partial charge >= 0.3 is 0 Å². The van der Waals surface area contributed by atoms with Crippen LogP contribution in [-0.4, -0.2) is 51.4 Å². The van der Waals surface area contributed by atoms with Gasteiger partial charge in [0, 0.05) is 25.5 Å². The van der Waals surface area contributed by atoms with Crippen molar-refractivity contribution in [1.29, 1.82) is 0 Å². The SMILES string of the molecule is CN(CCS(C)(=O)=O)C(=O)CNc1ccccc1.Cl. The average Bonchev–Trinajstić information content (AvgIpc) is 2.33. The van der Waals surface area contributed by atoms with E-state index in [4.69, 9.17) is 0 Å². The summed E-state index contributed by atoms with van der Waals surface area (Å²) in [4.78, 5) is 13.1. The van der Waals surface area contributed by atoms with Crippen molar-refractivity contribution in [3.05, 3.63) is 30.3 Å². The molecule has 0 saturated carbocycles. The zero-order valence-corrected chi connectivity index (χ0v) is 12.6. The van der Waals surface area contributed by atoms with E-state index in [1.54, 1.807) is 7.05 Å². The summed E-state index contributed by atoms with van der Waals surface area (Å²) in [7, 11) is -1.44. The summed E-state index contributed by atoms with van der Waals surface area (Å²) in [5.74, 6) is -0.150. The lowest BCUT2D eigenvalue weighted by Gasteiger charge is -2.17. The molecule has 1 N–H and O–H groups in total. The molecular formula is C12H19ClN2O3S. The van der Waals surface area contributed by atoms with Gasteiger partial charge in [-0.3, -0.25) is 4.79 Å². The molecule has 1 aromatic rings. The minimum Gasteiger partial charge on any atom is -0.376 e. The molecule has 0 aromatic heterocycles. The lowest BCUT2D eigenvalue weighted by atomic mass is 10.3. The van der Waals surface area contributed by atoms with E-state index in [1.807, 2.05) is 30.3 Å². The van der Waals surface area contributed by atoms with Gasteiger partial charge in [-0.1, -0.05) is 18.2 Å². The Morgan fingerprint density at radius 1 is 1.26 bits per heavy atom. The Bertz CT molecular complexity index is 491. The standard InChI is InChI=1S/C12H18N2O3S.ClH/c1-14(8-9-18(2,16)17)12(15)10-13-11-6-4-3-5-7-11;/h3-7,13H,8-10H2,1-2H3;1H. The Labute approximate surface area is 120 Å². The Kier molecular flexibility index (Phi) is 7.48. The first-order chi connectivity index (χ1) is 8.38. The minimum atomic E-state index is -3.03. The van der Waals surface area contributed by atoms with Crippen molar-refractivity contribution in [3.63, 3.8) is 0 Å². The topological polar surface area (TPSA) is 66.5 Å². The van der Waals surface area contributed by atoms with Gasteiger partial charge in [-0.05, 0) is 12.1 Å². The van der Waals surface area contributed by atoms with E-state index in [-0.39, 0.29) is 37.2 Å². The number of amides is 1. The Hall–Kier alpha value is -1.27. The van der Waals surface area contributed by atoms with Gasteiger partial charge in [0.25, 0.3) is 0 Å². The minimum absolute atomic E-state index is 0. The highest BCUT2D eigenvalue weighted by molar-refractivity contribution is 7.90. The third kappa shape index (κ3) is 7.69. The van der Waals surface area contributed by atoms with E-state index in [0.717, 1.165) is 11.9 Å². The molecule has 1 amide bonds. The number of para-hydroxylation sites is 1. The van der Waals surface area contributed by atoms with Gasteiger partial charge < -0.3 is 10.2 Å². The maximum Gasteiger partial charge on any atom is 0.241 e. The maximum atomic E-state index is 11.7. The molecule has 0 aliphatic heterocycles.